The smallest absolute Gasteiger partial charge is 0.239 e. The second-order valence-electron chi connectivity index (χ2n) is 3.83. The Morgan fingerprint density at radius 2 is 1.89 bits per heavy atom. The van der Waals surface area contributed by atoms with E-state index in [4.69, 9.17) is 4.74 Å². The van der Waals surface area contributed by atoms with Gasteiger partial charge in [0.05, 0.1) is 6.54 Å². The van der Waals surface area contributed by atoms with Gasteiger partial charge in [-0.25, -0.2) is 9.97 Å². The summed E-state index contributed by atoms with van der Waals surface area (Å²) in [4.78, 5) is 19.9. The molecule has 0 atom stereocenters. The van der Waals surface area contributed by atoms with Crippen molar-refractivity contribution in [1.29, 1.82) is 0 Å². The molecule has 0 fully saturated rings. The Kier molecular flexibility index (Phi) is 6.59. The standard InChI is InChI=1S/C12H21N5O2/c1-4-13-9-6-10(15-7-12(18)14-5-2)17-11(16-9)8-19-3/h6H,4-5,7-8H2,1-3H3,(H,14,18)(H2,13,15,16,17). The molecule has 7 nitrogen and oxygen atoms in total. The average molecular weight is 267 g/mol. The SMILES string of the molecule is CCNC(=O)CNc1cc(NCC)nc(COC)n1. The molecule has 1 heterocycles. The van der Waals surface area contributed by atoms with E-state index < -0.39 is 0 Å². The zero-order chi connectivity index (χ0) is 14.1. The minimum Gasteiger partial charge on any atom is -0.377 e. The molecule has 1 amide bonds. The van der Waals surface area contributed by atoms with E-state index in [0.29, 0.717) is 30.6 Å². The Morgan fingerprint density at radius 1 is 1.21 bits per heavy atom. The van der Waals surface area contributed by atoms with Crippen LogP contribution in [0.25, 0.3) is 0 Å². The molecule has 0 spiro atoms. The molecule has 0 bridgehead atoms. The minimum atomic E-state index is -0.0700. The van der Waals surface area contributed by atoms with Gasteiger partial charge in [0.15, 0.2) is 5.82 Å². The topological polar surface area (TPSA) is 88.2 Å². The molecule has 0 aliphatic heterocycles. The zero-order valence-corrected chi connectivity index (χ0v) is 11.6. The van der Waals surface area contributed by atoms with Crippen LogP contribution in [0, 0.1) is 0 Å². The van der Waals surface area contributed by atoms with Gasteiger partial charge < -0.3 is 20.7 Å². The summed E-state index contributed by atoms with van der Waals surface area (Å²) in [6, 6.07) is 1.77. The lowest BCUT2D eigenvalue weighted by molar-refractivity contribution is -0.119. The van der Waals surface area contributed by atoms with Gasteiger partial charge in [0, 0.05) is 26.3 Å². The molecule has 1 aromatic rings. The molecule has 1 rings (SSSR count). The van der Waals surface area contributed by atoms with E-state index in [1.807, 2.05) is 13.8 Å². The van der Waals surface area contributed by atoms with Crippen LogP contribution in [0.2, 0.25) is 0 Å². The Labute approximate surface area is 113 Å². The van der Waals surface area contributed by atoms with Gasteiger partial charge in [-0.1, -0.05) is 0 Å². The number of amides is 1. The van der Waals surface area contributed by atoms with Gasteiger partial charge in [-0.15, -0.1) is 0 Å². The summed E-state index contributed by atoms with van der Waals surface area (Å²) in [7, 11) is 1.59. The Balaban J connectivity index is 2.72. The molecular weight excluding hydrogens is 246 g/mol. The quantitative estimate of drug-likeness (QED) is 0.639. The number of nitrogens with zero attached hydrogens (tertiary/aromatic N) is 2. The number of methoxy groups -OCH3 is 1. The van der Waals surface area contributed by atoms with Crippen molar-refractivity contribution in [2.45, 2.75) is 20.5 Å². The van der Waals surface area contributed by atoms with Crippen LogP contribution in [0.5, 0.6) is 0 Å². The fraction of sp³-hybridized carbons (Fsp3) is 0.583. The molecule has 106 valence electrons. The fourth-order valence-corrected chi connectivity index (χ4v) is 1.48. The number of carbonyl (C=O) groups is 1. The van der Waals surface area contributed by atoms with Crippen molar-refractivity contribution in [3.8, 4) is 0 Å². The number of anilines is 2. The zero-order valence-electron chi connectivity index (χ0n) is 11.6. The Bertz CT molecular complexity index is 387. The molecule has 0 radical (unpaired) electrons. The monoisotopic (exact) mass is 267 g/mol. The molecule has 19 heavy (non-hydrogen) atoms. The van der Waals surface area contributed by atoms with Gasteiger partial charge in [0.1, 0.15) is 18.2 Å². The van der Waals surface area contributed by atoms with Gasteiger partial charge in [0.25, 0.3) is 0 Å². The van der Waals surface area contributed by atoms with E-state index in [-0.39, 0.29) is 12.5 Å². The van der Waals surface area contributed by atoms with E-state index in [1.54, 1.807) is 13.2 Å². The normalized spacial score (nSPS) is 10.1. The number of hydrogen-bond acceptors (Lipinski definition) is 6. The van der Waals surface area contributed by atoms with E-state index >= 15 is 0 Å². The summed E-state index contributed by atoms with van der Waals surface area (Å²) in [5, 5.41) is 8.79. The van der Waals surface area contributed by atoms with Crippen molar-refractivity contribution in [3.05, 3.63) is 11.9 Å². The molecule has 0 aromatic carbocycles. The highest BCUT2D eigenvalue weighted by Crippen LogP contribution is 2.11. The van der Waals surface area contributed by atoms with E-state index in [9.17, 15) is 4.79 Å². The van der Waals surface area contributed by atoms with Crippen LogP contribution in [0.4, 0.5) is 11.6 Å². The van der Waals surface area contributed by atoms with Gasteiger partial charge >= 0.3 is 0 Å². The summed E-state index contributed by atoms with van der Waals surface area (Å²) in [5.74, 6) is 1.81. The van der Waals surface area contributed by atoms with Crippen LogP contribution in [-0.4, -0.2) is 42.6 Å². The first-order valence-corrected chi connectivity index (χ1v) is 6.30. The van der Waals surface area contributed by atoms with E-state index in [2.05, 4.69) is 25.9 Å². The molecule has 7 heteroatoms. The molecule has 0 unspecified atom stereocenters. The number of aromatic nitrogens is 2. The van der Waals surface area contributed by atoms with Crippen LogP contribution in [0.3, 0.4) is 0 Å². The Morgan fingerprint density at radius 3 is 2.47 bits per heavy atom. The summed E-state index contributed by atoms with van der Waals surface area (Å²) >= 11 is 0. The van der Waals surface area contributed by atoms with Crippen LogP contribution < -0.4 is 16.0 Å². The predicted octanol–water partition coefficient (Wildman–Crippen LogP) is 0.603. The molecule has 3 N–H and O–H groups in total. The second-order valence-corrected chi connectivity index (χ2v) is 3.83. The summed E-state index contributed by atoms with van der Waals surface area (Å²) < 4.78 is 5.02. The number of likely N-dealkylation sites (N-methyl/N-ethyl adjacent to an activating group) is 1. The third-order valence-corrected chi connectivity index (χ3v) is 2.21. The second kappa shape index (κ2) is 8.25. The number of hydrogen-bond donors (Lipinski definition) is 3. The van der Waals surface area contributed by atoms with Crippen molar-refractivity contribution >= 4 is 17.5 Å². The van der Waals surface area contributed by atoms with Crippen molar-refractivity contribution < 1.29 is 9.53 Å². The molecular formula is C12H21N5O2. The number of nitrogens with one attached hydrogen (secondary N) is 3. The first-order chi connectivity index (χ1) is 9.19. The van der Waals surface area contributed by atoms with Gasteiger partial charge in [0.2, 0.25) is 5.91 Å². The molecule has 0 saturated carbocycles. The van der Waals surface area contributed by atoms with Crippen LogP contribution in [-0.2, 0) is 16.1 Å². The van der Waals surface area contributed by atoms with Gasteiger partial charge in [-0.05, 0) is 13.8 Å². The van der Waals surface area contributed by atoms with E-state index in [1.165, 1.54) is 0 Å². The summed E-state index contributed by atoms with van der Waals surface area (Å²) in [6.07, 6.45) is 0. The molecule has 0 saturated heterocycles. The maximum absolute atomic E-state index is 11.4. The van der Waals surface area contributed by atoms with Crippen molar-refractivity contribution in [3.63, 3.8) is 0 Å². The highest BCUT2D eigenvalue weighted by molar-refractivity contribution is 5.80. The summed E-state index contributed by atoms with van der Waals surface area (Å²) in [5.41, 5.74) is 0. The van der Waals surface area contributed by atoms with Gasteiger partial charge in [-0.2, -0.15) is 0 Å². The number of carbonyl (C=O) groups excluding carboxylic acids is 1. The minimum absolute atomic E-state index is 0.0700. The third-order valence-electron chi connectivity index (χ3n) is 2.21. The van der Waals surface area contributed by atoms with Crippen LogP contribution in [0.15, 0.2) is 6.07 Å². The number of ether oxygens (including phenoxy) is 1. The van der Waals surface area contributed by atoms with Crippen molar-refractivity contribution in [1.82, 2.24) is 15.3 Å². The summed E-state index contributed by atoms with van der Waals surface area (Å²) in [6.45, 7) is 5.75. The lowest BCUT2D eigenvalue weighted by Gasteiger charge is -2.10. The number of rotatable bonds is 8. The first-order valence-electron chi connectivity index (χ1n) is 6.30. The predicted molar refractivity (Wildman–Crippen MR) is 74.1 cm³/mol. The maximum Gasteiger partial charge on any atom is 0.239 e. The molecule has 0 aliphatic carbocycles. The largest absolute Gasteiger partial charge is 0.377 e. The van der Waals surface area contributed by atoms with Crippen LogP contribution >= 0.6 is 0 Å². The van der Waals surface area contributed by atoms with Crippen molar-refractivity contribution in [2.75, 3.05) is 37.4 Å². The fourth-order valence-electron chi connectivity index (χ4n) is 1.48. The van der Waals surface area contributed by atoms with Crippen LogP contribution in [0.1, 0.15) is 19.7 Å². The highest BCUT2D eigenvalue weighted by atomic mass is 16.5. The van der Waals surface area contributed by atoms with E-state index in [0.717, 1.165) is 6.54 Å². The third kappa shape index (κ3) is 5.52. The van der Waals surface area contributed by atoms with Gasteiger partial charge in [-0.3, -0.25) is 4.79 Å². The maximum atomic E-state index is 11.4. The molecule has 1 aromatic heterocycles. The Hall–Kier alpha value is -1.89. The average Bonchev–Trinajstić information content (AvgIpc) is 2.37. The highest BCUT2D eigenvalue weighted by Gasteiger charge is 2.05. The lowest BCUT2D eigenvalue weighted by atomic mass is 10.4. The lowest BCUT2D eigenvalue weighted by Crippen LogP contribution is -2.29. The molecule has 0 aliphatic rings. The first kappa shape index (κ1) is 15.2. The van der Waals surface area contributed by atoms with Crippen molar-refractivity contribution in [2.24, 2.45) is 0 Å².